The van der Waals surface area contributed by atoms with Crippen LogP contribution in [0.5, 0.6) is 5.75 Å². The molecule has 0 fully saturated rings. The fourth-order valence-corrected chi connectivity index (χ4v) is 3.28. The smallest absolute Gasteiger partial charge is 0.340 e. The van der Waals surface area contributed by atoms with Crippen molar-refractivity contribution in [3.8, 4) is 5.75 Å². The highest BCUT2D eigenvalue weighted by Gasteiger charge is 2.20. The molecule has 29 heavy (non-hydrogen) atoms. The first-order chi connectivity index (χ1) is 14.0. The van der Waals surface area contributed by atoms with Crippen LogP contribution >= 0.6 is 11.3 Å². The second-order valence-corrected chi connectivity index (χ2v) is 7.28. The maximum atomic E-state index is 12.6. The number of hydrogen-bond acceptors (Lipinski definition) is 5. The van der Waals surface area contributed by atoms with Crippen molar-refractivity contribution < 1.29 is 19.1 Å². The number of ether oxygens (including phenoxy) is 2. The normalized spacial score (nSPS) is 12.2. The number of nitrogens with two attached hydrogens (primary N) is 1. The highest BCUT2D eigenvalue weighted by Crippen LogP contribution is 2.26. The Morgan fingerprint density at radius 2 is 1.86 bits per heavy atom. The average Bonchev–Trinajstić information content (AvgIpc) is 3.26. The average molecular weight is 407 g/mol. The van der Waals surface area contributed by atoms with Gasteiger partial charge in [-0.25, -0.2) is 4.79 Å². The number of amides is 1. The van der Waals surface area contributed by atoms with Crippen LogP contribution in [0.25, 0.3) is 11.6 Å². The molecular formula is C23H21NO4S. The second kappa shape index (κ2) is 9.71. The molecule has 0 bridgehead atoms. The summed E-state index contributed by atoms with van der Waals surface area (Å²) < 4.78 is 11.1. The number of rotatable bonds is 8. The Morgan fingerprint density at radius 3 is 2.55 bits per heavy atom. The topological polar surface area (TPSA) is 78.6 Å². The Labute approximate surface area is 173 Å². The van der Waals surface area contributed by atoms with E-state index >= 15 is 0 Å². The molecule has 1 atom stereocenters. The minimum atomic E-state index is -1.01. The van der Waals surface area contributed by atoms with Gasteiger partial charge in [0.2, 0.25) is 0 Å². The summed E-state index contributed by atoms with van der Waals surface area (Å²) in [7, 11) is 0. The quantitative estimate of drug-likeness (QED) is 0.446. The van der Waals surface area contributed by atoms with Crippen LogP contribution in [-0.4, -0.2) is 18.0 Å². The molecule has 3 aromatic rings. The predicted molar refractivity (Wildman–Crippen MR) is 114 cm³/mol. The van der Waals surface area contributed by atoms with Crippen LogP contribution in [0, 0.1) is 0 Å². The highest BCUT2D eigenvalue weighted by atomic mass is 32.1. The Hall–Kier alpha value is -3.38. The molecule has 0 unspecified atom stereocenters. The van der Waals surface area contributed by atoms with Gasteiger partial charge in [-0.2, -0.15) is 0 Å². The fraction of sp³-hybridized carbons (Fsp3) is 0.130. The highest BCUT2D eigenvalue weighted by molar-refractivity contribution is 7.11. The number of esters is 1. The molecule has 0 aliphatic heterocycles. The zero-order valence-electron chi connectivity index (χ0n) is 15.9. The lowest BCUT2D eigenvalue weighted by Gasteiger charge is -2.12. The monoisotopic (exact) mass is 407 g/mol. The van der Waals surface area contributed by atoms with E-state index in [9.17, 15) is 9.59 Å². The van der Waals surface area contributed by atoms with Gasteiger partial charge < -0.3 is 15.2 Å². The summed E-state index contributed by atoms with van der Waals surface area (Å²) >= 11 is 1.41. The van der Waals surface area contributed by atoms with Crippen molar-refractivity contribution in [1.82, 2.24) is 0 Å². The standard InChI is InChI=1S/C23H21NO4S/c1-16(22(24)25)28-23(26)20(21-11-6-12-29-21)14-18-9-5-10-19(13-18)27-15-17-7-3-2-4-8-17/h2-14,16H,15H2,1H3,(H2,24,25)/b20-14+/t16-/m1/s1. The van der Waals surface area contributed by atoms with Crippen LogP contribution in [0.2, 0.25) is 0 Å². The van der Waals surface area contributed by atoms with Gasteiger partial charge in [0.25, 0.3) is 5.91 Å². The summed E-state index contributed by atoms with van der Waals surface area (Å²) in [6.07, 6.45) is 0.712. The maximum absolute atomic E-state index is 12.6. The summed E-state index contributed by atoms with van der Waals surface area (Å²) in [5, 5.41) is 1.87. The van der Waals surface area contributed by atoms with Gasteiger partial charge in [-0.3, -0.25) is 4.79 Å². The Kier molecular flexibility index (Phi) is 6.81. The lowest BCUT2D eigenvalue weighted by atomic mass is 10.1. The number of primary amides is 1. The number of thiophene rings is 1. The van der Waals surface area contributed by atoms with E-state index < -0.39 is 18.0 Å². The zero-order chi connectivity index (χ0) is 20.6. The molecule has 0 spiro atoms. The third kappa shape index (κ3) is 5.80. The number of carbonyl (C=O) groups excluding carboxylic acids is 2. The van der Waals surface area contributed by atoms with Crippen molar-refractivity contribution in [2.75, 3.05) is 0 Å². The SMILES string of the molecule is C[C@@H](OC(=O)/C(=C/c1cccc(OCc2ccccc2)c1)c1cccs1)C(N)=O. The molecule has 0 saturated carbocycles. The van der Waals surface area contributed by atoms with E-state index in [0.29, 0.717) is 17.9 Å². The fourth-order valence-electron chi connectivity index (χ4n) is 2.55. The predicted octanol–water partition coefficient (Wildman–Crippen LogP) is 4.28. The third-order valence-electron chi connectivity index (χ3n) is 4.11. The van der Waals surface area contributed by atoms with Gasteiger partial charge >= 0.3 is 5.97 Å². The molecule has 0 aliphatic rings. The van der Waals surface area contributed by atoms with Gasteiger partial charge in [-0.15, -0.1) is 11.3 Å². The number of carbonyl (C=O) groups is 2. The minimum absolute atomic E-state index is 0.355. The molecule has 5 nitrogen and oxygen atoms in total. The molecule has 0 saturated heterocycles. The van der Waals surface area contributed by atoms with Crippen molar-refractivity contribution in [3.63, 3.8) is 0 Å². The molecule has 6 heteroatoms. The Bertz CT molecular complexity index is 997. The Balaban J connectivity index is 1.82. The van der Waals surface area contributed by atoms with E-state index in [2.05, 4.69) is 0 Å². The van der Waals surface area contributed by atoms with Crippen LogP contribution in [-0.2, 0) is 20.9 Å². The second-order valence-electron chi connectivity index (χ2n) is 6.33. The van der Waals surface area contributed by atoms with Crippen molar-refractivity contribution in [2.24, 2.45) is 5.73 Å². The van der Waals surface area contributed by atoms with E-state index in [1.54, 1.807) is 6.08 Å². The van der Waals surface area contributed by atoms with Crippen molar-refractivity contribution in [3.05, 3.63) is 88.1 Å². The summed E-state index contributed by atoms with van der Waals surface area (Å²) in [6.45, 7) is 1.90. The largest absolute Gasteiger partial charge is 0.489 e. The molecule has 2 N–H and O–H groups in total. The van der Waals surface area contributed by atoms with Crippen LogP contribution in [0.15, 0.2) is 72.1 Å². The van der Waals surface area contributed by atoms with Crippen molar-refractivity contribution in [2.45, 2.75) is 19.6 Å². The van der Waals surface area contributed by atoms with E-state index in [0.717, 1.165) is 16.0 Å². The molecule has 2 aromatic carbocycles. The molecule has 148 valence electrons. The van der Waals surface area contributed by atoms with Gasteiger partial charge in [0.05, 0.1) is 5.57 Å². The number of hydrogen-bond donors (Lipinski definition) is 1. The van der Waals surface area contributed by atoms with E-state index in [4.69, 9.17) is 15.2 Å². The van der Waals surface area contributed by atoms with Crippen LogP contribution in [0.1, 0.15) is 22.9 Å². The van der Waals surface area contributed by atoms with Gasteiger partial charge in [-0.05, 0) is 47.7 Å². The molecule has 1 heterocycles. The van der Waals surface area contributed by atoms with Gasteiger partial charge in [0.15, 0.2) is 6.10 Å². The molecule has 0 aliphatic carbocycles. The number of benzene rings is 2. The van der Waals surface area contributed by atoms with Crippen LogP contribution < -0.4 is 10.5 Å². The Morgan fingerprint density at radius 1 is 1.07 bits per heavy atom. The van der Waals surface area contributed by atoms with E-state index in [1.807, 2.05) is 72.1 Å². The minimum Gasteiger partial charge on any atom is -0.489 e. The van der Waals surface area contributed by atoms with Crippen molar-refractivity contribution >= 4 is 34.9 Å². The first-order valence-corrected chi connectivity index (χ1v) is 9.93. The van der Waals surface area contributed by atoms with Crippen LogP contribution in [0.3, 0.4) is 0 Å². The van der Waals surface area contributed by atoms with E-state index in [1.165, 1.54) is 18.3 Å². The molecule has 1 amide bonds. The summed E-state index contributed by atoms with van der Waals surface area (Å²) in [6, 6.07) is 21.0. The van der Waals surface area contributed by atoms with Gasteiger partial charge in [-0.1, -0.05) is 48.5 Å². The molecular weight excluding hydrogens is 386 g/mol. The van der Waals surface area contributed by atoms with Crippen LogP contribution in [0.4, 0.5) is 0 Å². The molecule has 0 radical (unpaired) electrons. The summed E-state index contributed by atoms with van der Waals surface area (Å²) in [5.74, 6) is -0.610. The van der Waals surface area contributed by atoms with E-state index in [-0.39, 0.29) is 0 Å². The molecule has 1 aromatic heterocycles. The third-order valence-corrected chi connectivity index (χ3v) is 5.01. The van der Waals surface area contributed by atoms with Crippen molar-refractivity contribution in [1.29, 1.82) is 0 Å². The zero-order valence-corrected chi connectivity index (χ0v) is 16.7. The first-order valence-electron chi connectivity index (χ1n) is 9.05. The molecule has 3 rings (SSSR count). The lowest BCUT2D eigenvalue weighted by Crippen LogP contribution is -2.30. The van der Waals surface area contributed by atoms with Gasteiger partial charge in [0, 0.05) is 4.88 Å². The maximum Gasteiger partial charge on any atom is 0.340 e. The lowest BCUT2D eigenvalue weighted by molar-refractivity contribution is -0.147. The first kappa shape index (κ1) is 20.4. The summed E-state index contributed by atoms with van der Waals surface area (Å²) in [5.41, 5.74) is 7.41. The van der Waals surface area contributed by atoms with Gasteiger partial charge in [0.1, 0.15) is 12.4 Å². The summed E-state index contributed by atoms with van der Waals surface area (Å²) in [4.78, 5) is 24.6.